The predicted molar refractivity (Wildman–Crippen MR) is 65.6 cm³/mol. The molecule has 1 saturated heterocycles. The first-order valence-corrected chi connectivity index (χ1v) is 6.66. The maximum Gasteiger partial charge on any atom is 0.223 e. The lowest BCUT2D eigenvalue weighted by Gasteiger charge is -2.31. The zero-order valence-corrected chi connectivity index (χ0v) is 10.6. The van der Waals surface area contributed by atoms with Crippen molar-refractivity contribution in [1.82, 2.24) is 10.2 Å². The average molecular weight is 238 g/mol. The first kappa shape index (κ1) is 12.6. The third kappa shape index (κ3) is 3.53. The Morgan fingerprint density at radius 3 is 2.35 bits per heavy atom. The molecule has 2 rings (SSSR count). The summed E-state index contributed by atoms with van der Waals surface area (Å²) in [6.45, 7) is 2.13. The molecule has 1 heterocycles. The molecule has 1 amide bonds. The maximum absolute atomic E-state index is 12.0. The minimum absolute atomic E-state index is 0.0763. The molecular formula is C13H22N2O2. The SMILES string of the molecule is CN1CCC(NC(=O)C2CCC(=O)CC2)CC1. The molecule has 2 aliphatic rings. The molecule has 4 nitrogen and oxygen atoms in total. The lowest BCUT2D eigenvalue weighted by Crippen LogP contribution is -2.45. The standard InChI is InChI=1S/C13H22N2O2/c1-15-8-6-11(7-9-15)14-13(17)10-2-4-12(16)5-3-10/h10-11H,2-9H2,1H3,(H,14,17). The number of rotatable bonds is 2. The summed E-state index contributed by atoms with van der Waals surface area (Å²) in [6.07, 6.45) is 4.77. The second kappa shape index (κ2) is 5.63. The normalized spacial score (nSPS) is 24.9. The molecule has 0 aromatic rings. The monoisotopic (exact) mass is 238 g/mol. The fourth-order valence-corrected chi connectivity index (χ4v) is 2.67. The lowest BCUT2D eigenvalue weighted by molar-refractivity contribution is -0.129. The van der Waals surface area contributed by atoms with Gasteiger partial charge in [-0.3, -0.25) is 9.59 Å². The molecule has 2 fully saturated rings. The molecule has 4 heteroatoms. The van der Waals surface area contributed by atoms with E-state index in [9.17, 15) is 9.59 Å². The lowest BCUT2D eigenvalue weighted by atomic mass is 9.87. The zero-order valence-electron chi connectivity index (χ0n) is 10.6. The number of hydrogen-bond acceptors (Lipinski definition) is 3. The zero-order chi connectivity index (χ0) is 12.3. The second-order valence-corrected chi connectivity index (χ2v) is 5.40. The highest BCUT2D eigenvalue weighted by Crippen LogP contribution is 2.22. The summed E-state index contributed by atoms with van der Waals surface area (Å²) in [7, 11) is 2.12. The van der Waals surface area contributed by atoms with Gasteiger partial charge < -0.3 is 10.2 Å². The van der Waals surface area contributed by atoms with Crippen LogP contribution in [0.25, 0.3) is 0 Å². The van der Waals surface area contributed by atoms with E-state index in [4.69, 9.17) is 0 Å². The van der Waals surface area contributed by atoms with Gasteiger partial charge in [0, 0.05) is 24.8 Å². The largest absolute Gasteiger partial charge is 0.353 e. The van der Waals surface area contributed by atoms with E-state index < -0.39 is 0 Å². The van der Waals surface area contributed by atoms with Crippen LogP contribution >= 0.6 is 0 Å². The molecule has 0 spiro atoms. The fourth-order valence-electron chi connectivity index (χ4n) is 2.67. The molecule has 0 aromatic carbocycles. The summed E-state index contributed by atoms with van der Waals surface area (Å²) in [5, 5.41) is 3.15. The van der Waals surface area contributed by atoms with Gasteiger partial charge in [0.1, 0.15) is 5.78 Å². The number of ketones is 1. The molecule has 0 atom stereocenters. The Labute approximate surface area is 103 Å². The summed E-state index contributed by atoms with van der Waals surface area (Å²) in [6, 6.07) is 0.344. The van der Waals surface area contributed by atoms with Crippen LogP contribution in [0.15, 0.2) is 0 Å². The summed E-state index contributed by atoms with van der Waals surface area (Å²) in [5.41, 5.74) is 0. The van der Waals surface area contributed by atoms with Gasteiger partial charge in [-0.05, 0) is 45.8 Å². The highest BCUT2D eigenvalue weighted by molar-refractivity contribution is 5.84. The Bertz CT molecular complexity index is 286. The first-order valence-electron chi connectivity index (χ1n) is 6.66. The number of carbonyl (C=O) groups excluding carboxylic acids is 2. The summed E-state index contributed by atoms with van der Waals surface area (Å²) < 4.78 is 0. The molecule has 1 aliphatic carbocycles. The van der Waals surface area contributed by atoms with Crippen LogP contribution in [-0.2, 0) is 9.59 Å². The first-order chi connectivity index (χ1) is 8.15. The third-order valence-electron chi connectivity index (χ3n) is 3.98. The average Bonchev–Trinajstić information content (AvgIpc) is 2.33. The van der Waals surface area contributed by atoms with Crippen molar-refractivity contribution in [2.24, 2.45) is 5.92 Å². The van der Waals surface area contributed by atoms with Gasteiger partial charge in [-0.1, -0.05) is 0 Å². The highest BCUT2D eigenvalue weighted by Gasteiger charge is 2.27. The Morgan fingerprint density at radius 1 is 1.18 bits per heavy atom. The number of piperidine rings is 1. The van der Waals surface area contributed by atoms with Gasteiger partial charge in [0.2, 0.25) is 5.91 Å². The molecule has 0 unspecified atom stereocenters. The molecule has 1 N–H and O–H groups in total. The van der Waals surface area contributed by atoms with E-state index in [0.717, 1.165) is 38.8 Å². The van der Waals surface area contributed by atoms with Gasteiger partial charge in [0.25, 0.3) is 0 Å². The van der Waals surface area contributed by atoms with Crippen molar-refractivity contribution in [3.05, 3.63) is 0 Å². The van der Waals surface area contributed by atoms with E-state index in [1.165, 1.54) is 0 Å². The van der Waals surface area contributed by atoms with Gasteiger partial charge in [0.05, 0.1) is 0 Å². The van der Waals surface area contributed by atoms with Crippen LogP contribution in [0, 0.1) is 5.92 Å². The number of nitrogens with one attached hydrogen (secondary N) is 1. The summed E-state index contributed by atoms with van der Waals surface area (Å²) in [5.74, 6) is 0.563. The van der Waals surface area contributed by atoms with E-state index in [2.05, 4.69) is 17.3 Å². The van der Waals surface area contributed by atoms with E-state index in [-0.39, 0.29) is 11.8 Å². The molecule has 1 saturated carbocycles. The maximum atomic E-state index is 12.0. The van der Waals surface area contributed by atoms with Gasteiger partial charge in [-0.25, -0.2) is 0 Å². The van der Waals surface area contributed by atoms with Crippen molar-refractivity contribution >= 4 is 11.7 Å². The number of hydrogen-bond donors (Lipinski definition) is 1. The van der Waals surface area contributed by atoms with Gasteiger partial charge in [-0.2, -0.15) is 0 Å². The minimum Gasteiger partial charge on any atom is -0.353 e. The third-order valence-corrected chi connectivity index (χ3v) is 3.98. The molecular weight excluding hydrogens is 216 g/mol. The van der Waals surface area contributed by atoms with E-state index >= 15 is 0 Å². The van der Waals surface area contributed by atoms with Crippen molar-refractivity contribution < 1.29 is 9.59 Å². The Hall–Kier alpha value is -0.900. The van der Waals surface area contributed by atoms with E-state index in [0.29, 0.717) is 24.7 Å². The van der Waals surface area contributed by atoms with Crippen LogP contribution in [0.2, 0.25) is 0 Å². The van der Waals surface area contributed by atoms with Crippen LogP contribution in [0.5, 0.6) is 0 Å². The Morgan fingerprint density at radius 2 is 1.76 bits per heavy atom. The molecule has 1 aliphatic heterocycles. The van der Waals surface area contributed by atoms with Crippen molar-refractivity contribution in [2.45, 2.75) is 44.6 Å². The smallest absolute Gasteiger partial charge is 0.223 e. The summed E-state index contributed by atoms with van der Waals surface area (Å²) in [4.78, 5) is 25.4. The number of likely N-dealkylation sites (tertiary alicyclic amines) is 1. The van der Waals surface area contributed by atoms with Crippen molar-refractivity contribution in [3.63, 3.8) is 0 Å². The fraction of sp³-hybridized carbons (Fsp3) is 0.846. The highest BCUT2D eigenvalue weighted by atomic mass is 16.2. The predicted octanol–water partition coefficient (Wildman–Crippen LogP) is 0.956. The van der Waals surface area contributed by atoms with Gasteiger partial charge in [-0.15, -0.1) is 0 Å². The topological polar surface area (TPSA) is 49.4 Å². The van der Waals surface area contributed by atoms with Gasteiger partial charge in [0.15, 0.2) is 0 Å². The second-order valence-electron chi connectivity index (χ2n) is 5.40. The van der Waals surface area contributed by atoms with E-state index in [1.807, 2.05) is 0 Å². The number of Topliss-reactive ketones (excluding diaryl/α,β-unsaturated/α-hetero) is 1. The molecule has 0 bridgehead atoms. The van der Waals surface area contributed by atoms with Crippen LogP contribution in [0.3, 0.4) is 0 Å². The molecule has 17 heavy (non-hydrogen) atoms. The van der Waals surface area contributed by atoms with Crippen molar-refractivity contribution in [2.75, 3.05) is 20.1 Å². The Kier molecular flexibility index (Phi) is 4.15. The van der Waals surface area contributed by atoms with Crippen LogP contribution < -0.4 is 5.32 Å². The quantitative estimate of drug-likeness (QED) is 0.779. The van der Waals surface area contributed by atoms with Crippen molar-refractivity contribution in [1.29, 1.82) is 0 Å². The van der Waals surface area contributed by atoms with Crippen LogP contribution in [-0.4, -0.2) is 42.8 Å². The van der Waals surface area contributed by atoms with E-state index in [1.54, 1.807) is 0 Å². The molecule has 0 radical (unpaired) electrons. The number of amides is 1. The van der Waals surface area contributed by atoms with Crippen molar-refractivity contribution in [3.8, 4) is 0 Å². The molecule has 0 aromatic heterocycles. The summed E-state index contributed by atoms with van der Waals surface area (Å²) >= 11 is 0. The van der Waals surface area contributed by atoms with Gasteiger partial charge >= 0.3 is 0 Å². The minimum atomic E-state index is 0.0763. The Balaban J connectivity index is 1.75. The number of carbonyl (C=O) groups is 2. The van der Waals surface area contributed by atoms with Crippen LogP contribution in [0.4, 0.5) is 0 Å². The van der Waals surface area contributed by atoms with Crippen LogP contribution in [0.1, 0.15) is 38.5 Å². The molecule has 96 valence electrons. The number of nitrogens with zero attached hydrogens (tertiary/aromatic N) is 1.